The molecule has 2 fully saturated rings. The maximum atomic E-state index is 3.50. The number of fused-ring (bicyclic) bond motifs is 2. The van der Waals surface area contributed by atoms with E-state index in [1.165, 1.54) is 48.9 Å². The van der Waals surface area contributed by atoms with Crippen molar-refractivity contribution in [1.29, 1.82) is 0 Å². The summed E-state index contributed by atoms with van der Waals surface area (Å²) in [6, 6.07) is 9.14. The molecule has 2 aliphatic rings. The number of nitrogens with zero attached hydrogens (tertiary/aromatic N) is 1. The van der Waals surface area contributed by atoms with Crippen LogP contribution in [0, 0.1) is 13.8 Å². The molecule has 2 atom stereocenters. The van der Waals surface area contributed by atoms with Crippen molar-refractivity contribution in [3.05, 3.63) is 29.3 Å². The van der Waals surface area contributed by atoms with Gasteiger partial charge in [-0.3, -0.25) is 0 Å². The number of aryl methyl sites for hydroxylation is 2. The summed E-state index contributed by atoms with van der Waals surface area (Å²) in [5.41, 5.74) is 4.30. The van der Waals surface area contributed by atoms with E-state index in [4.69, 9.17) is 0 Å². The van der Waals surface area contributed by atoms with E-state index in [9.17, 15) is 0 Å². The van der Waals surface area contributed by atoms with Gasteiger partial charge in [0.25, 0.3) is 0 Å². The Balaban J connectivity index is 1.91. The van der Waals surface area contributed by atoms with E-state index in [2.05, 4.69) is 49.3 Å². The van der Waals surface area contributed by atoms with Crippen LogP contribution < -0.4 is 10.2 Å². The van der Waals surface area contributed by atoms with Gasteiger partial charge >= 0.3 is 0 Å². The highest BCUT2D eigenvalue weighted by molar-refractivity contribution is 5.56. The van der Waals surface area contributed by atoms with Crippen molar-refractivity contribution in [3.8, 4) is 0 Å². The molecule has 0 aliphatic carbocycles. The first kappa shape index (κ1) is 13.0. The summed E-state index contributed by atoms with van der Waals surface area (Å²) in [5.74, 6) is 0. The molecule has 0 radical (unpaired) electrons. The minimum atomic E-state index is 0.720. The molecule has 0 spiro atoms. The average Bonchev–Trinajstić information content (AvgIpc) is 2.37. The summed E-state index contributed by atoms with van der Waals surface area (Å²) in [7, 11) is 2.12. The van der Waals surface area contributed by atoms with E-state index in [-0.39, 0.29) is 0 Å². The van der Waals surface area contributed by atoms with Gasteiger partial charge in [0.05, 0.1) is 0 Å². The van der Waals surface area contributed by atoms with Crippen LogP contribution in [0.5, 0.6) is 0 Å². The van der Waals surface area contributed by atoms with Crippen LogP contribution in [0.3, 0.4) is 0 Å². The SMILES string of the molecule is CNC1CC2CCCC(C1)N2c1ccc(C)cc1C. The predicted octanol–water partition coefficient (Wildman–Crippen LogP) is 3.41. The Morgan fingerprint density at radius 2 is 1.79 bits per heavy atom. The Morgan fingerprint density at radius 1 is 1.11 bits per heavy atom. The van der Waals surface area contributed by atoms with Crippen LogP contribution in [0.1, 0.15) is 43.2 Å². The van der Waals surface area contributed by atoms with Crippen molar-refractivity contribution in [2.75, 3.05) is 11.9 Å². The van der Waals surface area contributed by atoms with Gasteiger partial charge in [-0.2, -0.15) is 0 Å². The zero-order valence-corrected chi connectivity index (χ0v) is 12.4. The van der Waals surface area contributed by atoms with Crippen LogP contribution in [0.25, 0.3) is 0 Å². The molecular weight excluding hydrogens is 232 g/mol. The van der Waals surface area contributed by atoms with Crippen LogP contribution in [0.2, 0.25) is 0 Å². The molecule has 1 aromatic carbocycles. The van der Waals surface area contributed by atoms with E-state index < -0.39 is 0 Å². The fraction of sp³-hybridized carbons (Fsp3) is 0.647. The molecule has 2 heterocycles. The summed E-state index contributed by atoms with van der Waals surface area (Å²) < 4.78 is 0. The summed E-state index contributed by atoms with van der Waals surface area (Å²) in [6.07, 6.45) is 6.75. The summed E-state index contributed by atoms with van der Waals surface area (Å²) >= 11 is 0. The van der Waals surface area contributed by atoms with Gasteiger partial charge in [-0.05, 0) is 64.6 Å². The van der Waals surface area contributed by atoms with Crippen molar-refractivity contribution in [2.45, 2.75) is 64.1 Å². The first-order valence-corrected chi connectivity index (χ1v) is 7.72. The summed E-state index contributed by atoms with van der Waals surface area (Å²) in [6.45, 7) is 4.45. The number of nitrogens with one attached hydrogen (secondary N) is 1. The zero-order valence-electron chi connectivity index (χ0n) is 12.4. The predicted molar refractivity (Wildman–Crippen MR) is 81.9 cm³/mol. The van der Waals surface area contributed by atoms with Crippen molar-refractivity contribution in [2.24, 2.45) is 0 Å². The molecule has 2 saturated heterocycles. The molecule has 1 aromatic rings. The monoisotopic (exact) mass is 258 g/mol. The molecule has 1 N–H and O–H groups in total. The number of rotatable bonds is 2. The van der Waals surface area contributed by atoms with Crippen molar-refractivity contribution >= 4 is 5.69 Å². The molecule has 2 nitrogen and oxygen atoms in total. The topological polar surface area (TPSA) is 15.3 Å². The highest BCUT2D eigenvalue weighted by Crippen LogP contribution is 2.39. The van der Waals surface area contributed by atoms with Gasteiger partial charge in [0.15, 0.2) is 0 Å². The Labute approximate surface area is 117 Å². The highest BCUT2D eigenvalue weighted by atomic mass is 15.2. The van der Waals surface area contributed by atoms with E-state index >= 15 is 0 Å². The van der Waals surface area contributed by atoms with Crippen molar-refractivity contribution in [1.82, 2.24) is 5.32 Å². The van der Waals surface area contributed by atoms with E-state index in [1.54, 1.807) is 0 Å². The number of piperidine rings is 2. The third kappa shape index (κ3) is 2.38. The fourth-order valence-corrected chi connectivity index (χ4v) is 4.11. The maximum Gasteiger partial charge on any atom is 0.0401 e. The molecule has 0 amide bonds. The Kier molecular flexibility index (Phi) is 3.53. The Hall–Kier alpha value is -1.02. The minimum absolute atomic E-state index is 0.720. The average molecular weight is 258 g/mol. The molecular formula is C17H26N2. The van der Waals surface area contributed by atoms with Crippen molar-refractivity contribution in [3.63, 3.8) is 0 Å². The molecule has 0 aromatic heterocycles. The molecule has 2 unspecified atom stereocenters. The van der Waals surface area contributed by atoms with Crippen molar-refractivity contribution < 1.29 is 0 Å². The minimum Gasteiger partial charge on any atom is -0.365 e. The van der Waals surface area contributed by atoms with E-state index in [0.29, 0.717) is 0 Å². The van der Waals surface area contributed by atoms with Gasteiger partial charge in [0.1, 0.15) is 0 Å². The van der Waals surface area contributed by atoms with Gasteiger partial charge in [-0.1, -0.05) is 17.7 Å². The van der Waals surface area contributed by atoms with E-state index in [1.807, 2.05) is 0 Å². The van der Waals surface area contributed by atoms with Crippen LogP contribution in [0.4, 0.5) is 5.69 Å². The van der Waals surface area contributed by atoms with Gasteiger partial charge < -0.3 is 10.2 Å². The number of hydrogen-bond donors (Lipinski definition) is 1. The number of anilines is 1. The maximum absolute atomic E-state index is 3.50. The first-order valence-electron chi connectivity index (χ1n) is 7.72. The quantitative estimate of drug-likeness (QED) is 0.874. The van der Waals surface area contributed by atoms with Crippen LogP contribution in [-0.2, 0) is 0 Å². The lowest BCUT2D eigenvalue weighted by Crippen LogP contribution is -2.56. The first-order chi connectivity index (χ1) is 9.19. The number of benzene rings is 1. The second-order valence-corrected chi connectivity index (χ2v) is 6.39. The molecule has 19 heavy (non-hydrogen) atoms. The smallest absolute Gasteiger partial charge is 0.0401 e. The van der Waals surface area contributed by atoms with Gasteiger partial charge in [-0.15, -0.1) is 0 Å². The molecule has 2 heteroatoms. The van der Waals surface area contributed by atoms with Crippen LogP contribution in [0.15, 0.2) is 18.2 Å². The molecule has 2 aliphatic heterocycles. The van der Waals surface area contributed by atoms with Gasteiger partial charge in [0, 0.05) is 23.8 Å². The standard InChI is InChI=1S/C17H26N2/c1-12-7-8-17(13(2)9-12)19-15-5-4-6-16(19)11-14(10-15)18-3/h7-9,14-16,18H,4-6,10-11H2,1-3H3. The highest BCUT2D eigenvalue weighted by Gasteiger charge is 2.38. The lowest BCUT2D eigenvalue weighted by Gasteiger charge is -2.50. The third-order valence-electron chi connectivity index (χ3n) is 5.01. The third-order valence-corrected chi connectivity index (χ3v) is 5.01. The van der Waals surface area contributed by atoms with Gasteiger partial charge in [-0.25, -0.2) is 0 Å². The lowest BCUT2D eigenvalue weighted by atomic mass is 9.81. The fourth-order valence-electron chi connectivity index (χ4n) is 4.11. The van der Waals surface area contributed by atoms with E-state index in [0.717, 1.165) is 18.1 Å². The number of hydrogen-bond acceptors (Lipinski definition) is 2. The second kappa shape index (κ2) is 5.16. The van der Waals surface area contributed by atoms with Gasteiger partial charge in [0.2, 0.25) is 0 Å². The van der Waals surface area contributed by atoms with Crippen LogP contribution in [-0.4, -0.2) is 25.2 Å². The molecule has 2 bridgehead atoms. The normalized spacial score (nSPS) is 30.5. The zero-order chi connectivity index (χ0) is 13.4. The summed E-state index contributed by atoms with van der Waals surface area (Å²) in [4.78, 5) is 2.74. The Morgan fingerprint density at radius 3 is 2.37 bits per heavy atom. The Bertz CT molecular complexity index is 441. The van der Waals surface area contributed by atoms with Crippen LogP contribution >= 0.6 is 0 Å². The second-order valence-electron chi connectivity index (χ2n) is 6.39. The summed E-state index contributed by atoms with van der Waals surface area (Å²) in [5, 5.41) is 3.50. The largest absolute Gasteiger partial charge is 0.365 e. The molecule has 3 rings (SSSR count). The lowest BCUT2D eigenvalue weighted by molar-refractivity contribution is 0.252. The molecule has 104 valence electrons. The molecule has 0 saturated carbocycles.